The van der Waals surface area contributed by atoms with Gasteiger partial charge in [-0.2, -0.15) is 0 Å². The quantitative estimate of drug-likeness (QED) is 0.814. The standard InChI is InChI=1S/C10H14N2O2S2/c11-10(3-1-4-10)9-12-7-2-5-16(13,14)6-8(7)15-9/h1-6,11H2. The zero-order chi connectivity index (χ0) is 11.4. The summed E-state index contributed by atoms with van der Waals surface area (Å²) < 4.78 is 23.0. The van der Waals surface area contributed by atoms with Crippen LogP contribution in [-0.2, 0) is 27.5 Å². The monoisotopic (exact) mass is 258 g/mol. The number of hydrogen-bond donors (Lipinski definition) is 1. The molecule has 1 aromatic heterocycles. The van der Waals surface area contributed by atoms with E-state index < -0.39 is 9.84 Å². The van der Waals surface area contributed by atoms with Gasteiger partial charge in [-0.05, 0) is 19.3 Å². The molecule has 0 saturated heterocycles. The molecule has 16 heavy (non-hydrogen) atoms. The van der Waals surface area contributed by atoms with Gasteiger partial charge in [-0.1, -0.05) is 0 Å². The third-order valence-electron chi connectivity index (χ3n) is 3.45. The van der Waals surface area contributed by atoms with Crippen LogP contribution in [0.15, 0.2) is 0 Å². The fourth-order valence-corrected chi connectivity index (χ4v) is 5.25. The molecule has 0 atom stereocenters. The Bertz CT molecular complexity index is 529. The number of thiazole rings is 1. The van der Waals surface area contributed by atoms with E-state index in [1.54, 1.807) is 0 Å². The largest absolute Gasteiger partial charge is 0.319 e. The molecule has 0 amide bonds. The second-order valence-corrected chi connectivity index (χ2v) is 8.01. The van der Waals surface area contributed by atoms with Gasteiger partial charge in [0.1, 0.15) is 5.01 Å². The molecule has 1 aliphatic heterocycles. The van der Waals surface area contributed by atoms with Crippen LogP contribution >= 0.6 is 11.3 Å². The van der Waals surface area contributed by atoms with Crippen LogP contribution in [0.5, 0.6) is 0 Å². The normalized spacial score (nSPS) is 25.8. The molecule has 0 unspecified atom stereocenters. The van der Waals surface area contributed by atoms with E-state index in [0.717, 1.165) is 34.8 Å². The summed E-state index contributed by atoms with van der Waals surface area (Å²) >= 11 is 1.51. The fraction of sp³-hybridized carbons (Fsp3) is 0.700. The molecule has 2 N–H and O–H groups in total. The van der Waals surface area contributed by atoms with Crippen LogP contribution in [0.4, 0.5) is 0 Å². The summed E-state index contributed by atoms with van der Waals surface area (Å²) in [5.41, 5.74) is 6.91. The molecule has 1 saturated carbocycles. The minimum atomic E-state index is -2.89. The van der Waals surface area contributed by atoms with Crippen molar-refractivity contribution < 1.29 is 8.42 Å². The fourth-order valence-electron chi connectivity index (χ4n) is 2.20. The molecular weight excluding hydrogens is 244 g/mol. The van der Waals surface area contributed by atoms with E-state index in [4.69, 9.17) is 5.73 Å². The number of aromatic nitrogens is 1. The Labute approximate surface area is 98.8 Å². The highest BCUT2D eigenvalue weighted by atomic mass is 32.2. The van der Waals surface area contributed by atoms with Gasteiger partial charge in [-0.3, -0.25) is 0 Å². The first kappa shape index (κ1) is 10.7. The molecule has 2 heterocycles. The van der Waals surface area contributed by atoms with Crippen LogP contribution in [0, 0.1) is 0 Å². The van der Waals surface area contributed by atoms with Gasteiger partial charge < -0.3 is 5.73 Å². The molecule has 0 spiro atoms. The van der Waals surface area contributed by atoms with Crippen molar-refractivity contribution in [3.8, 4) is 0 Å². The van der Waals surface area contributed by atoms with Gasteiger partial charge in [0.25, 0.3) is 0 Å². The molecule has 88 valence electrons. The van der Waals surface area contributed by atoms with Gasteiger partial charge in [-0.25, -0.2) is 13.4 Å². The Kier molecular flexibility index (Phi) is 2.18. The number of sulfone groups is 1. The Morgan fingerprint density at radius 2 is 2.12 bits per heavy atom. The average Bonchev–Trinajstić information content (AvgIpc) is 2.55. The van der Waals surface area contributed by atoms with Crippen LogP contribution in [0.3, 0.4) is 0 Å². The predicted molar refractivity (Wildman–Crippen MR) is 63.0 cm³/mol. The number of aryl methyl sites for hydroxylation is 1. The van der Waals surface area contributed by atoms with Crippen molar-refractivity contribution in [2.75, 3.05) is 5.75 Å². The molecule has 0 aromatic carbocycles. The van der Waals surface area contributed by atoms with E-state index in [9.17, 15) is 8.42 Å². The maximum Gasteiger partial charge on any atom is 0.155 e. The summed E-state index contributed by atoms with van der Waals surface area (Å²) in [4.78, 5) is 5.45. The van der Waals surface area contributed by atoms with Crippen molar-refractivity contribution in [1.29, 1.82) is 0 Å². The number of fused-ring (bicyclic) bond motifs is 1. The molecular formula is C10H14N2O2S2. The average molecular weight is 258 g/mol. The molecule has 1 aromatic rings. The SMILES string of the molecule is NC1(c2nc3c(s2)CS(=O)(=O)CC3)CCC1. The van der Waals surface area contributed by atoms with Crippen LogP contribution in [0.25, 0.3) is 0 Å². The molecule has 0 radical (unpaired) electrons. The van der Waals surface area contributed by atoms with Crippen LogP contribution in [0.2, 0.25) is 0 Å². The van der Waals surface area contributed by atoms with Gasteiger partial charge in [0.15, 0.2) is 9.84 Å². The van der Waals surface area contributed by atoms with Crippen molar-refractivity contribution >= 4 is 21.2 Å². The van der Waals surface area contributed by atoms with E-state index in [2.05, 4.69) is 4.98 Å². The Morgan fingerprint density at radius 3 is 2.75 bits per heavy atom. The molecule has 4 nitrogen and oxygen atoms in total. The Morgan fingerprint density at radius 1 is 1.38 bits per heavy atom. The van der Waals surface area contributed by atoms with Crippen molar-refractivity contribution in [2.45, 2.75) is 37.0 Å². The second-order valence-electron chi connectivity index (χ2n) is 4.74. The molecule has 1 aliphatic carbocycles. The van der Waals surface area contributed by atoms with Gasteiger partial charge in [0, 0.05) is 11.3 Å². The van der Waals surface area contributed by atoms with E-state index in [1.165, 1.54) is 11.3 Å². The zero-order valence-electron chi connectivity index (χ0n) is 8.90. The summed E-state index contributed by atoms with van der Waals surface area (Å²) in [7, 11) is -2.89. The first-order valence-electron chi connectivity index (χ1n) is 5.47. The Hall–Kier alpha value is -0.460. The maximum atomic E-state index is 11.5. The van der Waals surface area contributed by atoms with E-state index in [-0.39, 0.29) is 17.0 Å². The molecule has 1 fully saturated rings. The van der Waals surface area contributed by atoms with Crippen molar-refractivity contribution in [3.05, 3.63) is 15.6 Å². The van der Waals surface area contributed by atoms with Crippen LogP contribution in [-0.4, -0.2) is 19.2 Å². The summed E-state index contributed by atoms with van der Waals surface area (Å²) in [5.74, 6) is 0.400. The number of rotatable bonds is 1. The Balaban J connectivity index is 1.98. The van der Waals surface area contributed by atoms with E-state index >= 15 is 0 Å². The predicted octanol–water partition coefficient (Wildman–Crippen LogP) is 0.952. The molecule has 3 rings (SSSR count). The van der Waals surface area contributed by atoms with Gasteiger partial charge in [-0.15, -0.1) is 11.3 Å². The first-order chi connectivity index (χ1) is 7.49. The lowest BCUT2D eigenvalue weighted by Crippen LogP contribution is -2.43. The highest BCUT2D eigenvalue weighted by Gasteiger charge is 2.39. The highest BCUT2D eigenvalue weighted by molar-refractivity contribution is 7.90. The molecule has 2 aliphatic rings. The highest BCUT2D eigenvalue weighted by Crippen LogP contribution is 2.42. The summed E-state index contributed by atoms with van der Waals surface area (Å²) in [5, 5.41) is 0.945. The maximum absolute atomic E-state index is 11.5. The number of hydrogen-bond acceptors (Lipinski definition) is 5. The van der Waals surface area contributed by atoms with E-state index in [1.807, 2.05) is 0 Å². The minimum absolute atomic E-state index is 0.163. The smallest absolute Gasteiger partial charge is 0.155 e. The summed E-state index contributed by atoms with van der Waals surface area (Å²) in [6, 6.07) is 0. The first-order valence-corrected chi connectivity index (χ1v) is 8.11. The lowest BCUT2D eigenvalue weighted by molar-refractivity contribution is 0.252. The topological polar surface area (TPSA) is 73.0 Å². The van der Waals surface area contributed by atoms with Crippen molar-refractivity contribution in [2.24, 2.45) is 5.73 Å². The summed E-state index contributed by atoms with van der Waals surface area (Å²) in [6.07, 6.45) is 3.67. The lowest BCUT2D eigenvalue weighted by Gasteiger charge is -2.35. The number of nitrogens with zero attached hydrogens (tertiary/aromatic N) is 1. The lowest BCUT2D eigenvalue weighted by atomic mass is 9.78. The van der Waals surface area contributed by atoms with Gasteiger partial charge in [0.2, 0.25) is 0 Å². The molecule has 0 bridgehead atoms. The van der Waals surface area contributed by atoms with Crippen LogP contribution < -0.4 is 5.73 Å². The molecule has 6 heteroatoms. The van der Waals surface area contributed by atoms with Gasteiger partial charge in [0.05, 0.1) is 22.7 Å². The minimum Gasteiger partial charge on any atom is -0.319 e. The van der Waals surface area contributed by atoms with Crippen LogP contribution in [0.1, 0.15) is 34.8 Å². The second kappa shape index (κ2) is 3.27. The zero-order valence-corrected chi connectivity index (χ0v) is 10.5. The van der Waals surface area contributed by atoms with Crippen molar-refractivity contribution in [3.63, 3.8) is 0 Å². The van der Waals surface area contributed by atoms with E-state index in [0.29, 0.717) is 6.42 Å². The number of nitrogens with two attached hydrogens (primary N) is 1. The summed E-state index contributed by atoms with van der Waals surface area (Å²) in [6.45, 7) is 0. The van der Waals surface area contributed by atoms with Gasteiger partial charge >= 0.3 is 0 Å². The third kappa shape index (κ3) is 1.59. The third-order valence-corrected chi connectivity index (χ3v) is 6.51. The van der Waals surface area contributed by atoms with Crippen molar-refractivity contribution in [1.82, 2.24) is 4.98 Å².